The van der Waals surface area contributed by atoms with Gasteiger partial charge in [-0.3, -0.25) is 4.79 Å². The molecule has 0 spiro atoms. The molecule has 0 aliphatic heterocycles. The van der Waals surface area contributed by atoms with Crippen LogP contribution in [0.15, 0.2) is 0 Å². The second-order valence-corrected chi connectivity index (χ2v) is 3.09. The third-order valence-corrected chi connectivity index (χ3v) is 1.64. The quantitative estimate of drug-likeness (QED) is 0.531. The Hall–Kier alpha value is -1.70. The summed E-state index contributed by atoms with van der Waals surface area (Å²) in [4.78, 5) is 21.1. The monoisotopic (exact) mass is 227 g/mol. The van der Waals surface area contributed by atoms with E-state index in [1.54, 1.807) is 0 Å². The maximum Gasteiger partial charge on any atom is 0.407 e. The van der Waals surface area contributed by atoms with Crippen molar-refractivity contribution in [2.24, 2.45) is 0 Å². The van der Waals surface area contributed by atoms with Crippen LogP contribution in [0.1, 0.15) is 32.6 Å². The number of nitrogens with one attached hydrogen (secondary N) is 1. The molecule has 0 aromatic carbocycles. The fraction of sp³-hybridized carbons (Fsp3) is 0.636. The van der Waals surface area contributed by atoms with Crippen LogP contribution in [0.25, 0.3) is 0 Å². The molecule has 5 heteroatoms. The summed E-state index contributed by atoms with van der Waals surface area (Å²) in [6.07, 6.45) is 1.65. The molecule has 0 aromatic heterocycles. The Bertz CT molecular complexity index is 277. The van der Waals surface area contributed by atoms with Crippen LogP contribution >= 0.6 is 0 Å². The van der Waals surface area contributed by atoms with Gasteiger partial charge in [-0.15, -0.1) is 5.92 Å². The number of amides is 1. The Morgan fingerprint density at radius 2 is 2.12 bits per heavy atom. The van der Waals surface area contributed by atoms with Gasteiger partial charge < -0.3 is 15.2 Å². The molecule has 16 heavy (non-hydrogen) atoms. The van der Waals surface area contributed by atoms with Gasteiger partial charge in [0.05, 0.1) is 19.6 Å². The molecule has 0 aliphatic carbocycles. The summed E-state index contributed by atoms with van der Waals surface area (Å²) in [5.74, 6) is 4.40. The van der Waals surface area contributed by atoms with Crippen molar-refractivity contribution >= 4 is 12.1 Å². The Labute approximate surface area is 95.2 Å². The van der Waals surface area contributed by atoms with Crippen LogP contribution in [0.3, 0.4) is 0 Å². The zero-order valence-corrected chi connectivity index (χ0v) is 9.41. The van der Waals surface area contributed by atoms with Gasteiger partial charge in [0.1, 0.15) is 0 Å². The lowest BCUT2D eigenvalue weighted by molar-refractivity contribution is -0.136. The van der Waals surface area contributed by atoms with E-state index in [2.05, 4.69) is 17.2 Å². The van der Waals surface area contributed by atoms with Crippen LogP contribution in [-0.2, 0) is 9.53 Å². The molecule has 0 unspecified atom stereocenters. The highest BCUT2D eigenvalue weighted by atomic mass is 16.5. The Morgan fingerprint density at radius 1 is 1.38 bits per heavy atom. The lowest BCUT2D eigenvalue weighted by atomic mass is 10.3. The summed E-state index contributed by atoms with van der Waals surface area (Å²) in [7, 11) is 0. The Morgan fingerprint density at radius 3 is 2.75 bits per heavy atom. The first-order valence-corrected chi connectivity index (χ1v) is 5.25. The third kappa shape index (κ3) is 10.4. The van der Waals surface area contributed by atoms with Gasteiger partial charge in [0.25, 0.3) is 0 Å². The highest BCUT2D eigenvalue weighted by molar-refractivity contribution is 5.67. The molecule has 0 saturated heterocycles. The Kier molecular flexibility index (Phi) is 8.79. The van der Waals surface area contributed by atoms with E-state index in [-0.39, 0.29) is 13.0 Å². The summed E-state index contributed by atoms with van der Waals surface area (Å²) in [6, 6.07) is 0. The molecule has 0 aromatic rings. The first-order chi connectivity index (χ1) is 7.66. The zero-order chi connectivity index (χ0) is 12.2. The summed E-state index contributed by atoms with van der Waals surface area (Å²) >= 11 is 0. The third-order valence-electron chi connectivity index (χ3n) is 1.64. The molecule has 5 nitrogen and oxygen atoms in total. The SMILES string of the molecule is CCCCOC(=O)NCC#CCCC(=O)O. The normalized spacial score (nSPS) is 8.81. The topological polar surface area (TPSA) is 75.6 Å². The van der Waals surface area contributed by atoms with E-state index in [1.165, 1.54) is 0 Å². The van der Waals surface area contributed by atoms with Crippen molar-refractivity contribution in [1.82, 2.24) is 5.32 Å². The van der Waals surface area contributed by atoms with Gasteiger partial charge in [-0.25, -0.2) is 4.79 Å². The smallest absolute Gasteiger partial charge is 0.407 e. The average Bonchev–Trinajstić information content (AvgIpc) is 2.23. The van der Waals surface area contributed by atoms with Crippen molar-refractivity contribution < 1.29 is 19.4 Å². The van der Waals surface area contributed by atoms with E-state index >= 15 is 0 Å². The van der Waals surface area contributed by atoms with Crippen LogP contribution in [0.2, 0.25) is 0 Å². The molecule has 0 saturated carbocycles. The lowest BCUT2D eigenvalue weighted by Crippen LogP contribution is -2.24. The van der Waals surface area contributed by atoms with Crippen molar-refractivity contribution in [3.05, 3.63) is 0 Å². The van der Waals surface area contributed by atoms with Crippen molar-refractivity contribution in [2.45, 2.75) is 32.6 Å². The highest BCUT2D eigenvalue weighted by Gasteiger charge is 1.97. The summed E-state index contributed by atoms with van der Waals surface area (Å²) < 4.78 is 4.82. The first kappa shape index (κ1) is 14.3. The fourth-order valence-electron chi connectivity index (χ4n) is 0.797. The van der Waals surface area contributed by atoms with Crippen LogP contribution in [-0.4, -0.2) is 30.3 Å². The van der Waals surface area contributed by atoms with Gasteiger partial charge in [-0.1, -0.05) is 19.3 Å². The number of aliphatic carboxylic acids is 1. The number of unbranched alkanes of at least 4 members (excludes halogenated alkanes) is 1. The van der Waals surface area contributed by atoms with E-state index in [0.717, 1.165) is 12.8 Å². The second-order valence-electron chi connectivity index (χ2n) is 3.09. The first-order valence-electron chi connectivity index (χ1n) is 5.25. The molecule has 90 valence electrons. The molecule has 0 heterocycles. The van der Waals surface area contributed by atoms with Crippen molar-refractivity contribution in [3.63, 3.8) is 0 Å². The van der Waals surface area contributed by atoms with Gasteiger partial charge in [0.2, 0.25) is 0 Å². The summed E-state index contributed by atoms with van der Waals surface area (Å²) in [5, 5.41) is 10.8. The standard InChI is InChI=1S/C11H17NO4/c1-2-3-9-16-11(15)12-8-6-4-5-7-10(13)14/h2-3,5,7-9H2,1H3,(H,12,15)(H,13,14). The number of carboxylic acids is 1. The number of ether oxygens (including phenoxy) is 1. The molecule has 2 N–H and O–H groups in total. The molecule has 0 atom stereocenters. The van der Waals surface area contributed by atoms with Gasteiger partial charge in [-0.05, 0) is 6.42 Å². The van der Waals surface area contributed by atoms with Crippen molar-refractivity contribution in [2.75, 3.05) is 13.2 Å². The van der Waals surface area contributed by atoms with Gasteiger partial charge in [0.15, 0.2) is 0 Å². The Balaban J connectivity index is 3.42. The number of carbonyl (C=O) groups excluding carboxylic acids is 1. The molecular formula is C11H17NO4. The van der Waals surface area contributed by atoms with Gasteiger partial charge in [0, 0.05) is 6.42 Å². The minimum atomic E-state index is -0.874. The van der Waals surface area contributed by atoms with Crippen LogP contribution in [0.5, 0.6) is 0 Å². The fourth-order valence-corrected chi connectivity index (χ4v) is 0.797. The minimum absolute atomic E-state index is 0.0218. The molecular weight excluding hydrogens is 210 g/mol. The zero-order valence-electron chi connectivity index (χ0n) is 9.41. The number of carbonyl (C=O) groups is 2. The van der Waals surface area contributed by atoms with E-state index in [4.69, 9.17) is 9.84 Å². The van der Waals surface area contributed by atoms with Crippen LogP contribution in [0.4, 0.5) is 4.79 Å². The maximum absolute atomic E-state index is 11.0. The molecule has 0 bridgehead atoms. The maximum atomic E-state index is 11.0. The molecule has 0 rings (SSSR count). The van der Waals surface area contributed by atoms with Gasteiger partial charge >= 0.3 is 12.1 Å². The largest absolute Gasteiger partial charge is 0.481 e. The highest BCUT2D eigenvalue weighted by Crippen LogP contribution is 1.88. The predicted octanol–water partition coefficient (Wildman–Crippen LogP) is 1.38. The van der Waals surface area contributed by atoms with Gasteiger partial charge in [-0.2, -0.15) is 0 Å². The van der Waals surface area contributed by atoms with E-state index in [1.807, 2.05) is 6.92 Å². The lowest BCUT2D eigenvalue weighted by Gasteiger charge is -2.02. The van der Waals surface area contributed by atoms with Crippen LogP contribution in [0, 0.1) is 11.8 Å². The van der Waals surface area contributed by atoms with Crippen molar-refractivity contribution in [3.8, 4) is 11.8 Å². The number of alkyl carbamates (subject to hydrolysis) is 1. The van der Waals surface area contributed by atoms with Crippen LogP contribution < -0.4 is 5.32 Å². The summed E-state index contributed by atoms with van der Waals surface area (Å²) in [6.45, 7) is 2.61. The molecule has 0 aliphatic rings. The number of hydrogen-bond donors (Lipinski definition) is 2. The number of rotatable bonds is 6. The average molecular weight is 227 g/mol. The number of carboxylic acid groups (broad SMARTS) is 1. The van der Waals surface area contributed by atoms with E-state index < -0.39 is 12.1 Å². The molecule has 1 amide bonds. The second kappa shape index (κ2) is 9.84. The minimum Gasteiger partial charge on any atom is -0.481 e. The summed E-state index contributed by atoms with van der Waals surface area (Å²) in [5.41, 5.74) is 0. The predicted molar refractivity (Wildman–Crippen MR) is 58.9 cm³/mol. The van der Waals surface area contributed by atoms with E-state index in [9.17, 15) is 9.59 Å². The van der Waals surface area contributed by atoms with E-state index in [0.29, 0.717) is 13.0 Å². The number of hydrogen-bond acceptors (Lipinski definition) is 3. The molecule has 0 radical (unpaired) electrons. The molecule has 0 fully saturated rings. The van der Waals surface area contributed by atoms with Crippen molar-refractivity contribution in [1.29, 1.82) is 0 Å².